The maximum Gasteiger partial charge on any atom is 0.253 e. The third kappa shape index (κ3) is 3.09. The lowest BCUT2D eigenvalue weighted by Gasteiger charge is -2.34. The Morgan fingerprint density at radius 1 is 1.17 bits per heavy atom. The molecule has 7 heteroatoms. The Labute approximate surface area is 136 Å². The van der Waals surface area contributed by atoms with Crippen molar-refractivity contribution in [2.45, 2.75) is 24.2 Å². The van der Waals surface area contributed by atoms with Crippen molar-refractivity contribution in [2.75, 3.05) is 26.2 Å². The number of piperidine rings is 1. The van der Waals surface area contributed by atoms with Gasteiger partial charge in [0.25, 0.3) is 5.91 Å². The smallest absolute Gasteiger partial charge is 0.253 e. The van der Waals surface area contributed by atoms with Gasteiger partial charge in [0.2, 0.25) is 10.0 Å². The molecule has 2 aliphatic heterocycles. The molecule has 0 aliphatic carbocycles. The molecule has 1 aromatic carbocycles. The number of carbonyl (C=O) groups is 1. The van der Waals surface area contributed by atoms with Crippen LogP contribution in [0.2, 0.25) is 0 Å². The summed E-state index contributed by atoms with van der Waals surface area (Å²) in [5.41, 5.74) is 0.408. The predicted octanol–water partition coefficient (Wildman–Crippen LogP) is 1.46. The topological polar surface area (TPSA) is 81.5 Å². The maximum atomic E-state index is 12.5. The van der Waals surface area contributed by atoms with Gasteiger partial charge in [-0.2, -0.15) is 9.57 Å². The zero-order chi connectivity index (χ0) is 16.4. The molecule has 2 fully saturated rings. The second-order valence-corrected chi connectivity index (χ2v) is 7.97. The van der Waals surface area contributed by atoms with Crippen molar-refractivity contribution in [1.82, 2.24) is 9.21 Å². The SMILES string of the molecule is N#CC1CN(S(=O)(=O)c2cccc(C(=O)N3CCCCC3)c2)C1. The van der Waals surface area contributed by atoms with Crippen LogP contribution in [0, 0.1) is 17.2 Å². The number of nitriles is 1. The van der Waals surface area contributed by atoms with Crippen LogP contribution in [0.15, 0.2) is 29.2 Å². The van der Waals surface area contributed by atoms with E-state index in [1.165, 1.54) is 16.4 Å². The standard InChI is InChI=1S/C16H19N3O3S/c17-10-13-11-19(12-13)23(21,22)15-6-4-5-14(9-15)16(20)18-7-2-1-3-8-18/h4-6,9,13H,1-3,7-8,11-12H2. The number of benzene rings is 1. The monoisotopic (exact) mass is 333 g/mol. The minimum atomic E-state index is -3.62. The fourth-order valence-corrected chi connectivity index (χ4v) is 4.51. The van der Waals surface area contributed by atoms with E-state index in [1.807, 2.05) is 0 Å². The number of sulfonamides is 1. The first-order valence-corrected chi connectivity index (χ1v) is 9.25. The van der Waals surface area contributed by atoms with Gasteiger partial charge in [0.1, 0.15) is 0 Å². The van der Waals surface area contributed by atoms with E-state index < -0.39 is 10.0 Å². The van der Waals surface area contributed by atoms with Crippen LogP contribution in [0.5, 0.6) is 0 Å². The number of carbonyl (C=O) groups excluding carboxylic acids is 1. The predicted molar refractivity (Wildman–Crippen MR) is 84.1 cm³/mol. The molecule has 0 N–H and O–H groups in total. The molecule has 0 radical (unpaired) electrons. The van der Waals surface area contributed by atoms with Crippen molar-refractivity contribution < 1.29 is 13.2 Å². The van der Waals surface area contributed by atoms with Crippen LogP contribution in [0.1, 0.15) is 29.6 Å². The zero-order valence-corrected chi connectivity index (χ0v) is 13.6. The third-order valence-electron chi connectivity index (χ3n) is 4.39. The highest BCUT2D eigenvalue weighted by molar-refractivity contribution is 7.89. The minimum Gasteiger partial charge on any atom is -0.339 e. The number of likely N-dealkylation sites (tertiary alicyclic amines) is 1. The van der Waals surface area contributed by atoms with E-state index in [4.69, 9.17) is 5.26 Å². The van der Waals surface area contributed by atoms with Gasteiger partial charge in [0, 0.05) is 31.7 Å². The largest absolute Gasteiger partial charge is 0.339 e. The molecule has 1 aromatic rings. The van der Waals surface area contributed by atoms with Gasteiger partial charge < -0.3 is 4.90 Å². The summed E-state index contributed by atoms with van der Waals surface area (Å²) in [5.74, 6) is -0.344. The molecule has 0 aromatic heterocycles. The lowest BCUT2D eigenvalue weighted by atomic mass is 10.1. The summed E-state index contributed by atoms with van der Waals surface area (Å²) in [7, 11) is -3.62. The summed E-state index contributed by atoms with van der Waals surface area (Å²) in [6.45, 7) is 1.91. The minimum absolute atomic E-state index is 0.111. The Morgan fingerprint density at radius 2 is 1.87 bits per heavy atom. The van der Waals surface area contributed by atoms with Crippen LogP contribution in [0.3, 0.4) is 0 Å². The molecule has 0 atom stereocenters. The molecule has 0 spiro atoms. The molecule has 2 aliphatic rings. The molecule has 2 heterocycles. The van der Waals surface area contributed by atoms with Gasteiger partial charge in [0.15, 0.2) is 0 Å². The van der Waals surface area contributed by atoms with E-state index >= 15 is 0 Å². The van der Waals surface area contributed by atoms with Crippen molar-refractivity contribution in [2.24, 2.45) is 5.92 Å². The van der Waals surface area contributed by atoms with E-state index in [0.29, 0.717) is 5.56 Å². The van der Waals surface area contributed by atoms with Gasteiger partial charge in [-0.1, -0.05) is 6.07 Å². The van der Waals surface area contributed by atoms with Crippen molar-refractivity contribution >= 4 is 15.9 Å². The Balaban J connectivity index is 1.80. The summed E-state index contributed by atoms with van der Waals surface area (Å²) >= 11 is 0. The lowest BCUT2D eigenvalue weighted by Crippen LogP contribution is -2.49. The Hall–Kier alpha value is -1.91. The second kappa shape index (κ2) is 6.30. The molecule has 0 unspecified atom stereocenters. The molecule has 2 saturated heterocycles. The lowest BCUT2D eigenvalue weighted by molar-refractivity contribution is 0.0724. The molecule has 0 saturated carbocycles. The number of hydrogen-bond acceptors (Lipinski definition) is 4. The number of rotatable bonds is 3. The van der Waals surface area contributed by atoms with Crippen molar-refractivity contribution in [1.29, 1.82) is 5.26 Å². The second-order valence-electron chi connectivity index (χ2n) is 6.03. The zero-order valence-electron chi connectivity index (χ0n) is 12.8. The first-order chi connectivity index (χ1) is 11.0. The summed E-state index contributed by atoms with van der Waals surface area (Å²) < 4.78 is 26.3. The Kier molecular flexibility index (Phi) is 4.37. The van der Waals surface area contributed by atoms with Crippen LogP contribution in [0.25, 0.3) is 0 Å². The van der Waals surface area contributed by atoms with Crippen molar-refractivity contribution in [3.05, 3.63) is 29.8 Å². The third-order valence-corrected chi connectivity index (χ3v) is 6.22. The molecule has 6 nitrogen and oxygen atoms in total. The van der Waals surface area contributed by atoms with Crippen LogP contribution in [-0.4, -0.2) is 49.7 Å². The van der Waals surface area contributed by atoms with Gasteiger partial charge in [-0.3, -0.25) is 4.79 Å². The van der Waals surface area contributed by atoms with Crippen LogP contribution >= 0.6 is 0 Å². The van der Waals surface area contributed by atoms with Gasteiger partial charge in [-0.25, -0.2) is 8.42 Å². The van der Waals surface area contributed by atoms with E-state index in [1.54, 1.807) is 17.0 Å². The van der Waals surface area contributed by atoms with E-state index in [0.717, 1.165) is 32.4 Å². The van der Waals surface area contributed by atoms with Crippen LogP contribution in [-0.2, 0) is 10.0 Å². The first-order valence-electron chi connectivity index (χ1n) is 7.81. The first kappa shape index (κ1) is 16.0. The molecular weight excluding hydrogens is 314 g/mol. The van der Waals surface area contributed by atoms with Crippen LogP contribution < -0.4 is 0 Å². The van der Waals surface area contributed by atoms with Gasteiger partial charge in [-0.15, -0.1) is 0 Å². The van der Waals surface area contributed by atoms with Gasteiger partial charge in [0.05, 0.1) is 16.9 Å². The Bertz CT molecular complexity index is 742. The maximum absolute atomic E-state index is 12.5. The van der Waals surface area contributed by atoms with Gasteiger partial charge in [-0.05, 0) is 37.5 Å². The fraction of sp³-hybridized carbons (Fsp3) is 0.500. The fourth-order valence-electron chi connectivity index (χ4n) is 2.93. The van der Waals surface area contributed by atoms with Crippen molar-refractivity contribution in [3.63, 3.8) is 0 Å². The number of hydrogen-bond donors (Lipinski definition) is 0. The molecule has 122 valence electrons. The Morgan fingerprint density at radius 3 is 2.52 bits per heavy atom. The molecule has 23 heavy (non-hydrogen) atoms. The number of nitrogens with zero attached hydrogens (tertiary/aromatic N) is 3. The summed E-state index contributed by atoms with van der Waals surface area (Å²) in [6, 6.07) is 8.27. The average Bonchev–Trinajstić information content (AvgIpc) is 2.54. The molecule has 1 amide bonds. The van der Waals surface area contributed by atoms with E-state index in [2.05, 4.69) is 6.07 Å². The van der Waals surface area contributed by atoms with Crippen molar-refractivity contribution in [3.8, 4) is 6.07 Å². The van der Waals surface area contributed by atoms with Crippen LogP contribution in [0.4, 0.5) is 0 Å². The highest BCUT2D eigenvalue weighted by atomic mass is 32.2. The molecule has 0 bridgehead atoms. The highest BCUT2D eigenvalue weighted by Gasteiger charge is 2.37. The van der Waals surface area contributed by atoms with Gasteiger partial charge >= 0.3 is 0 Å². The van der Waals surface area contributed by atoms with E-state index in [9.17, 15) is 13.2 Å². The van der Waals surface area contributed by atoms with E-state index in [-0.39, 0.29) is 29.8 Å². The summed E-state index contributed by atoms with van der Waals surface area (Å²) in [5, 5.41) is 8.78. The number of amides is 1. The average molecular weight is 333 g/mol. The summed E-state index contributed by atoms with van der Waals surface area (Å²) in [6.07, 6.45) is 3.12. The quantitative estimate of drug-likeness (QED) is 0.838. The molecule has 3 rings (SSSR count). The normalized spacial score (nSPS) is 19.9. The molecular formula is C16H19N3O3S. The highest BCUT2D eigenvalue weighted by Crippen LogP contribution is 2.25. The summed E-state index contributed by atoms with van der Waals surface area (Å²) in [4.78, 5) is 14.4.